The Morgan fingerprint density at radius 3 is 2.46 bits per heavy atom. The van der Waals surface area contributed by atoms with Crippen molar-refractivity contribution in [1.82, 2.24) is 9.97 Å². The van der Waals surface area contributed by atoms with E-state index in [1.54, 1.807) is 6.07 Å². The van der Waals surface area contributed by atoms with Crippen molar-refractivity contribution in [3.8, 4) is 23.1 Å². The maximum atomic E-state index is 13.9. The molecule has 2 aromatic heterocycles. The fourth-order valence-electron chi connectivity index (χ4n) is 2.13. The van der Waals surface area contributed by atoms with Crippen LogP contribution in [0.25, 0.3) is 11.0 Å². The zero-order chi connectivity index (χ0) is 17.3. The van der Waals surface area contributed by atoms with Crippen molar-refractivity contribution in [2.24, 2.45) is 0 Å². The summed E-state index contributed by atoms with van der Waals surface area (Å²) >= 11 is 0. The summed E-state index contributed by atoms with van der Waals surface area (Å²) in [6.45, 7) is 0. The Morgan fingerprint density at radius 2 is 1.75 bits per heavy atom. The lowest BCUT2D eigenvalue weighted by Gasteiger charge is -2.12. The van der Waals surface area contributed by atoms with Gasteiger partial charge in [-0.25, -0.2) is 13.8 Å². The predicted molar refractivity (Wildman–Crippen MR) is 83.5 cm³/mol. The van der Waals surface area contributed by atoms with Crippen molar-refractivity contribution in [2.75, 3.05) is 20.0 Å². The van der Waals surface area contributed by atoms with Gasteiger partial charge >= 0.3 is 0 Å². The average molecular weight is 333 g/mol. The van der Waals surface area contributed by atoms with Gasteiger partial charge in [0, 0.05) is 30.5 Å². The molecule has 1 aromatic carbocycles. The molecule has 2 N–H and O–H groups in total. The van der Waals surface area contributed by atoms with Gasteiger partial charge in [-0.05, 0) is 0 Å². The highest BCUT2D eigenvalue weighted by Crippen LogP contribution is 2.35. The van der Waals surface area contributed by atoms with E-state index < -0.39 is 11.6 Å². The third-order valence-electron chi connectivity index (χ3n) is 3.29. The van der Waals surface area contributed by atoms with Crippen LogP contribution >= 0.6 is 0 Å². The number of rotatable bonds is 4. The molecular weight excluding hydrogens is 320 g/mol. The highest BCUT2D eigenvalue weighted by molar-refractivity contribution is 5.83. The molecule has 24 heavy (non-hydrogen) atoms. The van der Waals surface area contributed by atoms with Gasteiger partial charge in [-0.3, -0.25) is 4.98 Å². The second-order valence-corrected chi connectivity index (χ2v) is 4.78. The third-order valence-corrected chi connectivity index (χ3v) is 3.29. The summed E-state index contributed by atoms with van der Waals surface area (Å²) in [5.41, 5.74) is 5.78. The molecule has 0 amide bonds. The van der Waals surface area contributed by atoms with Crippen molar-refractivity contribution in [3.63, 3.8) is 0 Å². The number of halogens is 2. The number of hydrogen-bond acceptors (Lipinski definition) is 6. The minimum atomic E-state index is -0.792. The molecule has 0 aliphatic heterocycles. The van der Waals surface area contributed by atoms with E-state index in [4.69, 9.17) is 19.9 Å². The number of hydrogen-bond donors (Lipinski definition) is 1. The van der Waals surface area contributed by atoms with E-state index in [-0.39, 0.29) is 23.1 Å². The highest BCUT2D eigenvalue weighted by atomic mass is 19.1. The Labute approximate surface area is 135 Å². The largest absolute Gasteiger partial charge is 0.491 e. The molecule has 0 saturated heterocycles. The fourth-order valence-corrected chi connectivity index (χ4v) is 2.13. The van der Waals surface area contributed by atoms with Crippen LogP contribution in [0, 0.1) is 11.6 Å². The first-order chi connectivity index (χ1) is 11.5. The molecular formula is C16H13F2N3O3. The molecule has 0 bridgehead atoms. The fraction of sp³-hybridized carbons (Fsp3) is 0.125. The van der Waals surface area contributed by atoms with Gasteiger partial charge < -0.3 is 19.9 Å². The van der Waals surface area contributed by atoms with Crippen LogP contribution in [0.1, 0.15) is 0 Å². The summed E-state index contributed by atoms with van der Waals surface area (Å²) in [5, 5.41) is 0. The van der Waals surface area contributed by atoms with Gasteiger partial charge in [-0.15, -0.1) is 0 Å². The molecule has 2 heterocycles. The Balaban J connectivity index is 2.11. The highest BCUT2D eigenvalue weighted by Gasteiger charge is 2.15. The molecule has 0 unspecified atom stereocenters. The van der Waals surface area contributed by atoms with E-state index in [0.717, 1.165) is 12.1 Å². The smallest absolute Gasteiger partial charge is 0.257 e. The van der Waals surface area contributed by atoms with Crippen molar-refractivity contribution in [2.45, 2.75) is 0 Å². The lowest BCUT2D eigenvalue weighted by atomic mass is 10.2. The molecule has 6 nitrogen and oxygen atoms in total. The topological polar surface area (TPSA) is 79.5 Å². The molecule has 3 aromatic rings. The van der Waals surface area contributed by atoms with Gasteiger partial charge in [0.2, 0.25) is 0 Å². The second kappa shape index (κ2) is 6.15. The summed E-state index contributed by atoms with van der Waals surface area (Å²) < 4.78 is 43.2. The number of benzene rings is 1. The summed E-state index contributed by atoms with van der Waals surface area (Å²) in [4.78, 5) is 8.41. The van der Waals surface area contributed by atoms with E-state index in [0.29, 0.717) is 16.8 Å². The van der Waals surface area contributed by atoms with Gasteiger partial charge in [0.1, 0.15) is 11.3 Å². The first-order valence-corrected chi connectivity index (χ1v) is 6.83. The van der Waals surface area contributed by atoms with E-state index >= 15 is 0 Å². The molecule has 124 valence electrons. The lowest BCUT2D eigenvalue weighted by molar-refractivity contribution is 0.344. The molecule has 0 aliphatic carbocycles. The van der Waals surface area contributed by atoms with Crippen molar-refractivity contribution >= 4 is 16.7 Å². The van der Waals surface area contributed by atoms with Crippen LogP contribution in [0.5, 0.6) is 23.1 Å². The summed E-state index contributed by atoms with van der Waals surface area (Å²) in [6.07, 6.45) is 1.46. The Morgan fingerprint density at radius 1 is 0.958 bits per heavy atom. The molecule has 0 saturated carbocycles. The molecule has 0 spiro atoms. The first kappa shape index (κ1) is 15.7. The van der Waals surface area contributed by atoms with Crippen LogP contribution < -0.4 is 19.9 Å². The number of nitrogen functional groups attached to an aromatic ring is 1. The standard InChI is InChI=1S/C16H13F2N3O3/c1-22-14-7-11-15(21-16(14)23-2)12(3-4-20-11)24-13-6-8(17)10(19)5-9(13)18/h3-7H,19H2,1-2H3. The van der Waals surface area contributed by atoms with E-state index in [1.165, 1.54) is 26.5 Å². The van der Waals surface area contributed by atoms with Crippen LogP contribution in [-0.2, 0) is 0 Å². The van der Waals surface area contributed by atoms with Crippen molar-refractivity contribution in [1.29, 1.82) is 0 Å². The van der Waals surface area contributed by atoms with Gasteiger partial charge in [0.15, 0.2) is 23.1 Å². The SMILES string of the molecule is COc1cc2nccc(Oc3cc(F)c(N)cc3F)c2nc1OC. The van der Waals surface area contributed by atoms with Crippen LogP contribution in [0.4, 0.5) is 14.5 Å². The van der Waals surface area contributed by atoms with Crippen molar-refractivity contribution < 1.29 is 23.0 Å². The van der Waals surface area contributed by atoms with Crippen LogP contribution in [-0.4, -0.2) is 24.2 Å². The number of nitrogens with two attached hydrogens (primary N) is 1. The van der Waals surface area contributed by atoms with Gasteiger partial charge in [-0.1, -0.05) is 0 Å². The van der Waals surface area contributed by atoms with Crippen LogP contribution in [0.15, 0.2) is 30.5 Å². The number of fused-ring (bicyclic) bond motifs is 1. The summed E-state index contributed by atoms with van der Waals surface area (Å²) in [6, 6.07) is 4.81. The van der Waals surface area contributed by atoms with Crippen LogP contribution in [0.2, 0.25) is 0 Å². The average Bonchev–Trinajstić information content (AvgIpc) is 2.58. The number of methoxy groups -OCH3 is 2. The maximum absolute atomic E-state index is 13.9. The quantitative estimate of drug-likeness (QED) is 0.738. The molecule has 0 atom stereocenters. The van der Waals surface area contributed by atoms with E-state index in [1.807, 2.05) is 0 Å². The third kappa shape index (κ3) is 2.73. The molecule has 8 heteroatoms. The van der Waals surface area contributed by atoms with Gasteiger partial charge in [0.25, 0.3) is 5.88 Å². The zero-order valence-electron chi connectivity index (χ0n) is 12.8. The van der Waals surface area contributed by atoms with Crippen molar-refractivity contribution in [3.05, 3.63) is 42.1 Å². The summed E-state index contributed by atoms with van der Waals surface area (Å²) in [7, 11) is 2.90. The lowest BCUT2D eigenvalue weighted by Crippen LogP contribution is -1.98. The predicted octanol–water partition coefficient (Wildman–Crippen LogP) is 3.30. The number of ether oxygens (including phenoxy) is 3. The first-order valence-electron chi connectivity index (χ1n) is 6.83. The van der Waals surface area contributed by atoms with E-state index in [9.17, 15) is 8.78 Å². The summed E-state index contributed by atoms with van der Waals surface area (Å²) in [5.74, 6) is -1.10. The zero-order valence-corrected chi connectivity index (χ0v) is 12.8. The Hall–Kier alpha value is -3.16. The minimum absolute atomic E-state index is 0.184. The minimum Gasteiger partial charge on any atom is -0.491 e. The molecule has 0 radical (unpaired) electrons. The Bertz CT molecular complexity index is 919. The number of aromatic nitrogens is 2. The Kier molecular flexibility index (Phi) is 4.03. The number of anilines is 1. The van der Waals surface area contributed by atoms with Gasteiger partial charge in [-0.2, -0.15) is 0 Å². The number of pyridine rings is 2. The normalized spacial score (nSPS) is 10.7. The second-order valence-electron chi connectivity index (χ2n) is 4.78. The van der Waals surface area contributed by atoms with Gasteiger partial charge in [0.05, 0.1) is 25.4 Å². The monoisotopic (exact) mass is 333 g/mol. The molecule has 0 fully saturated rings. The molecule has 3 rings (SSSR count). The number of nitrogens with zero attached hydrogens (tertiary/aromatic N) is 2. The van der Waals surface area contributed by atoms with Crippen LogP contribution in [0.3, 0.4) is 0 Å². The maximum Gasteiger partial charge on any atom is 0.257 e. The molecule has 0 aliphatic rings. The van der Waals surface area contributed by atoms with E-state index in [2.05, 4.69) is 9.97 Å².